The molecular formula is C17H17F3N2OS. The number of aromatic nitrogens is 1. The van der Waals surface area contributed by atoms with Gasteiger partial charge in [0.25, 0.3) is 0 Å². The second-order valence-electron chi connectivity index (χ2n) is 5.37. The third-order valence-corrected chi connectivity index (χ3v) is 4.31. The van der Waals surface area contributed by atoms with E-state index in [-0.39, 0.29) is 17.7 Å². The number of pyridine rings is 1. The molecule has 0 spiro atoms. The van der Waals surface area contributed by atoms with Crippen molar-refractivity contribution in [2.75, 3.05) is 5.75 Å². The second-order valence-corrected chi connectivity index (χ2v) is 6.37. The van der Waals surface area contributed by atoms with Crippen molar-refractivity contribution in [1.29, 1.82) is 0 Å². The highest BCUT2D eigenvalue weighted by atomic mass is 32.2. The molecule has 3 nitrogen and oxygen atoms in total. The molecule has 1 unspecified atom stereocenters. The van der Waals surface area contributed by atoms with E-state index in [1.165, 1.54) is 6.07 Å². The molecule has 0 aliphatic carbocycles. The van der Waals surface area contributed by atoms with Gasteiger partial charge in [-0.3, -0.25) is 4.79 Å². The van der Waals surface area contributed by atoms with E-state index in [1.807, 2.05) is 38.1 Å². The Balaban J connectivity index is 1.85. The number of benzene rings is 1. The van der Waals surface area contributed by atoms with Crippen molar-refractivity contribution >= 4 is 17.7 Å². The topological polar surface area (TPSA) is 42.0 Å². The quantitative estimate of drug-likeness (QED) is 0.811. The molecule has 0 fully saturated rings. The van der Waals surface area contributed by atoms with Crippen LogP contribution < -0.4 is 5.32 Å². The van der Waals surface area contributed by atoms with E-state index in [2.05, 4.69) is 10.3 Å². The zero-order valence-corrected chi connectivity index (χ0v) is 14.0. The van der Waals surface area contributed by atoms with Crippen LogP contribution in [-0.4, -0.2) is 16.6 Å². The van der Waals surface area contributed by atoms with Crippen molar-refractivity contribution in [3.63, 3.8) is 0 Å². The molecule has 2 aromatic rings. The largest absolute Gasteiger partial charge is 0.417 e. The van der Waals surface area contributed by atoms with E-state index >= 15 is 0 Å². The highest BCUT2D eigenvalue weighted by molar-refractivity contribution is 7.99. The van der Waals surface area contributed by atoms with Gasteiger partial charge in [0.2, 0.25) is 5.91 Å². The van der Waals surface area contributed by atoms with E-state index in [1.54, 1.807) is 0 Å². The summed E-state index contributed by atoms with van der Waals surface area (Å²) in [7, 11) is 0. The summed E-state index contributed by atoms with van der Waals surface area (Å²) in [5.41, 5.74) is 1.33. The lowest BCUT2D eigenvalue weighted by molar-refractivity contribution is -0.137. The van der Waals surface area contributed by atoms with Crippen LogP contribution in [0, 0.1) is 6.92 Å². The van der Waals surface area contributed by atoms with Crippen molar-refractivity contribution in [1.82, 2.24) is 10.3 Å². The monoisotopic (exact) mass is 354 g/mol. The van der Waals surface area contributed by atoms with E-state index in [0.29, 0.717) is 5.03 Å². The molecule has 2 rings (SSSR count). The summed E-state index contributed by atoms with van der Waals surface area (Å²) in [6.07, 6.45) is -3.63. The number of hydrogen-bond acceptors (Lipinski definition) is 3. The molecule has 0 bridgehead atoms. The predicted octanol–water partition coefficient (Wildman–Crippen LogP) is 4.38. The van der Waals surface area contributed by atoms with Crippen molar-refractivity contribution in [3.05, 3.63) is 59.3 Å². The molecule has 0 aliphatic rings. The number of thioether (sulfide) groups is 1. The van der Waals surface area contributed by atoms with Gasteiger partial charge < -0.3 is 5.32 Å². The molecule has 0 radical (unpaired) electrons. The number of carbonyl (C=O) groups is 1. The lowest BCUT2D eigenvalue weighted by Gasteiger charge is -2.14. The van der Waals surface area contributed by atoms with Gasteiger partial charge in [-0.2, -0.15) is 13.2 Å². The number of nitrogens with zero attached hydrogens (tertiary/aromatic N) is 1. The summed E-state index contributed by atoms with van der Waals surface area (Å²) in [6, 6.07) is 9.93. The molecule has 1 aromatic heterocycles. The molecule has 0 saturated heterocycles. The first-order valence-electron chi connectivity index (χ1n) is 7.27. The fraction of sp³-hybridized carbons (Fsp3) is 0.294. The molecule has 24 heavy (non-hydrogen) atoms. The number of halogens is 3. The van der Waals surface area contributed by atoms with E-state index in [4.69, 9.17) is 0 Å². The number of aryl methyl sites for hydroxylation is 1. The molecule has 1 atom stereocenters. The minimum atomic E-state index is -4.41. The van der Waals surface area contributed by atoms with Gasteiger partial charge in [-0.05, 0) is 31.5 Å². The Bertz CT molecular complexity index is 684. The van der Waals surface area contributed by atoms with Crippen LogP contribution in [0.1, 0.15) is 29.7 Å². The zero-order valence-electron chi connectivity index (χ0n) is 13.2. The van der Waals surface area contributed by atoms with Gasteiger partial charge in [-0.15, -0.1) is 0 Å². The smallest absolute Gasteiger partial charge is 0.349 e. The Morgan fingerprint density at radius 1 is 1.21 bits per heavy atom. The molecule has 1 heterocycles. The van der Waals surface area contributed by atoms with Crippen LogP contribution in [0.2, 0.25) is 0 Å². The molecule has 0 aliphatic heterocycles. The summed E-state index contributed by atoms with van der Waals surface area (Å²) in [4.78, 5) is 15.7. The summed E-state index contributed by atoms with van der Waals surface area (Å²) in [5.74, 6) is -0.107. The van der Waals surface area contributed by atoms with E-state index in [0.717, 1.165) is 35.2 Å². The van der Waals surface area contributed by atoms with Crippen LogP contribution in [0.5, 0.6) is 0 Å². The first kappa shape index (κ1) is 18.3. The number of amides is 1. The SMILES string of the molecule is Cc1ccc(C(C)NC(=O)CSc2ccc(C(F)(F)F)cn2)cc1. The Morgan fingerprint density at radius 2 is 1.88 bits per heavy atom. The van der Waals surface area contributed by atoms with Gasteiger partial charge in [0.05, 0.1) is 22.4 Å². The Kier molecular flexibility index (Phi) is 5.88. The highest BCUT2D eigenvalue weighted by Gasteiger charge is 2.30. The van der Waals surface area contributed by atoms with Crippen LogP contribution in [-0.2, 0) is 11.0 Å². The van der Waals surface area contributed by atoms with Gasteiger partial charge in [-0.25, -0.2) is 4.98 Å². The van der Waals surface area contributed by atoms with Gasteiger partial charge in [0.15, 0.2) is 0 Å². The Labute approximate surface area is 142 Å². The van der Waals surface area contributed by atoms with Crippen LogP contribution in [0.4, 0.5) is 13.2 Å². The van der Waals surface area contributed by atoms with Gasteiger partial charge in [-0.1, -0.05) is 41.6 Å². The zero-order chi connectivity index (χ0) is 17.7. The van der Waals surface area contributed by atoms with Crippen LogP contribution >= 0.6 is 11.8 Å². The van der Waals surface area contributed by atoms with Crippen molar-refractivity contribution in [2.45, 2.75) is 31.1 Å². The van der Waals surface area contributed by atoms with Gasteiger partial charge >= 0.3 is 6.18 Å². The minimum absolute atomic E-state index is 0.0918. The highest BCUT2D eigenvalue weighted by Crippen LogP contribution is 2.29. The van der Waals surface area contributed by atoms with Crippen LogP contribution in [0.25, 0.3) is 0 Å². The number of rotatable bonds is 5. The number of alkyl halides is 3. The summed E-state index contributed by atoms with van der Waals surface area (Å²) >= 11 is 1.10. The van der Waals surface area contributed by atoms with E-state index in [9.17, 15) is 18.0 Å². The van der Waals surface area contributed by atoms with E-state index < -0.39 is 11.7 Å². The van der Waals surface area contributed by atoms with Gasteiger partial charge in [0.1, 0.15) is 0 Å². The maximum absolute atomic E-state index is 12.5. The summed E-state index contributed by atoms with van der Waals surface area (Å²) < 4.78 is 37.4. The maximum Gasteiger partial charge on any atom is 0.417 e. The number of carbonyl (C=O) groups excluding carboxylic acids is 1. The molecular weight excluding hydrogens is 337 g/mol. The lowest BCUT2D eigenvalue weighted by Crippen LogP contribution is -2.28. The Hall–Kier alpha value is -2.02. The molecule has 7 heteroatoms. The third kappa shape index (κ3) is 5.26. The fourth-order valence-corrected chi connectivity index (χ4v) is 2.65. The first-order chi connectivity index (χ1) is 11.3. The average Bonchev–Trinajstić information content (AvgIpc) is 2.53. The lowest BCUT2D eigenvalue weighted by atomic mass is 10.1. The predicted molar refractivity (Wildman–Crippen MR) is 87.7 cm³/mol. The summed E-state index contributed by atoms with van der Waals surface area (Å²) in [5, 5.41) is 3.23. The molecule has 0 saturated carbocycles. The normalized spacial score (nSPS) is 12.7. The van der Waals surface area contributed by atoms with Crippen LogP contribution in [0.15, 0.2) is 47.6 Å². The average molecular weight is 354 g/mol. The number of hydrogen-bond donors (Lipinski definition) is 1. The van der Waals surface area contributed by atoms with Crippen LogP contribution in [0.3, 0.4) is 0 Å². The van der Waals surface area contributed by atoms with Gasteiger partial charge in [0, 0.05) is 6.20 Å². The second kappa shape index (κ2) is 7.70. The number of nitrogens with one attached hydrogen (secondary N) is 1. The molecule has 128 valence electrons. The minimum Gasteiger partial charge on any atom is -0.349 e. The Morgan fingerprint density at radius 3 is 2.42 bits per heavy atom. The van der Waals surface area contributed by atoms with Crippen molar-refractivity contribution < 1.29 is 18.0 Å². The fourth-order valence-electron chi connectivity index (χ4n) is 1.99. The third-order valence-electron chi connectivity index (χ3n) is 3.37. The first-order valence-corrected chi connectivity index (χ1v) is 8.26. The summed E-state index contributed by atoms with van der Waals surface area (Å²) in [6.45, 7) is 3.87. The molecule has 1 aromatic carbocycles. The van der Waals surface area contributed by atoms with Crippen molar-refractivity contribution in [3.8, 4) is 0 Å². The standard InChI is InChI=1S/C17H17F3N2OS/c1-11-3-5-13(6-4-11)12(2)22-15(23)10-24-16-8-7-14(9-21-16)17(18,19)20/h3-9,12H,10H2,1-2H3,(H,22,23). The maximum atomic E-state index is 12.5. The molecule has 1 N–H and O–H groups in total. The van der Waals surface area contributed by atoms with Crippen molar-refractivity contribution in [2.24, 2.45) is 0 Å². The molecule has 1 amide bonds.